The van der Waals surface area contributed by atoms with Crippen molar-refractivity contribution >= 4 is 29.7 Å². The van der Waals surface area contributed by atoms with E-state index in [9.17, 15) is 14.4 Å². The highest BCUT2D eigenvalue weighted by Crippen LogP contribution is 2.34. The molecule has 1 aromatic rings. The summed E-state index contributed by atoms with van der Waals surface area (Å²) in [5.74, 6) is 0.298. The number of nitrogens with zero attached hydrogens (tertiary/aromatic N) is 1. The van der Waals surface area contributed by atoms with Gasteiger partial charge in [0, 0.05) is 12.6 Å². The topological polar surface area (TPSA) is 87.7 Å². The van der Waals surface area contributed by atoms with Crippen molar-refractivity contribution < 1.29 is 19.1 Å². The molecular weight excluding hydrogens is 474 g/mol. The maximum absolute atomic E-state index is 14.1. The SMILES string of the molecule is CCCCNC(=O)C(c1ccc(CC)cc1)N(C(=O)C(CCSC)NC(=O)OC(C)(C)C)C1CCC1. The normalized spacial score (nSPS) is 15.4. The third-order valence-electron chi connectivity index (χ3n) is 6.38. The van der Waals surface area contributed by atoms with Gasteiger partial charge < -0.3 is 20.3 Å². The summed E-state index contributed by atoms with van der Waals surface area (Å²) in [6.07, 6.45) is 7.26. The zero-order valence-corrected chi connectivity index (χ0v) is 23.7. The molecule has 2 atom stereocenters. The number of alkyl carbamates (subject to hydrolysis) is 1. The summed E-state index contributed by atoms with van der Waals surface area (Å²) >= 11 is 1.61. The number of benzene rings is 1. The summed E-state index contributed by atoms with van der Waals surface area (Å²) < 4.78 is 5.46. The van der Waals surface area contributed by atoms with Crippen LogP contribution in [-0.2, 0) is 20.7 Å². The molecule has 2 N–H and O–H groups in total. The van der Waals surface area contributed by atoms with E-state index in [1.54, 1.807) is 37.4 Å². The van der Waals surface area contributed by atoms with Crippen LogP contribution in [0, 0.1) is 0 Å². The van der Waals surface area contributed by atoms with Crippen molar-refractivity contribution in [1.29, 1.82) is 0 Å². The molecule has 36 heavy (non-hydrogen) atoms. The number of amides is 3. The molecule has 0 radical (unpaired) electrons. The van der Waals surface area contributed by atoms with Crippen molar-refractivity contribution in [1.82, 2.24) is 15.5 Å². The summed E-state index contributed by atoms with van der Waals surface area (Å²) in [6, 6.07) is 6.41. The van der Waals surface area contributed by atoms with E-state index in [0.717, 1.165) is 44.1 Å². The lowest BCUT2D eigenvalue weighted by Crippen LogP contribution is -2.57. The highest BCUT2D eigenvalue weighted by Gasteiger charge is 2.41. The monoisotopic (exact) mass is 519 g/mol. The molecule has 1 fully saturated rings. The highest BCUT2D eigenvalue weighted by atomic mass is 32.2. The van der Waals surface area contributed by atoms with Crippen molar-refractivity contribution in [3.8, 4) is 0 Å². The van der Waals surface area contributed by atoms with Gasteiger partial charge in [0.25, 0.3) is 0 Å². The van der Waals surface area contributed by atoms with Crippen LogP contribution >= 0.6 is 11.8 Å². The van der Waals surface area contributed by atoms with Gasteiger partial charge in [-0.1, -0.05) is 44.5 Å². The maximum Gasteiger partial charge on any atom is 0.408 e. The average Bonchev–Trinajstić information content (AvgIpc) is 2.79. The molecule has 2 unspecified atom stereocenters. The van der Waals surface area contributed by atoms with Crippen LogP contribution in [0.25, 0.3) is 0 Å². The van der Waals surface area contributed by atoms with Crippen LogP contribution in [0.2, 0.25) is 0 Å². The summed E-state index contributed by atoms with van der Waals surface area (Å²) in [4.78, 5) is 42.1. The molecule has 0 aromatic heterocycles. The van der Waals surface area contributed by atoms with Gasteiger partial charge in [-0.25, -0.2) is 4.79 Å². The smallest absolute Gasteiger partial charge is 0.408 e. The van der Waals surface area contributed by atoms with E-state index in [1.807, 2.05) is 30.5 Å². The van der Waals surface area contributed by atoms with Gasteiger partial charge in [-0.15, -0.1) is 0 Å². The van der Waals surface area contributed by atoms with E-state index < -0.39 is 23.8 Å². The van der Waals surface area contributed by atoms with E-state index >= 15 is 0 Å². The van der Waals surface area contributed by atoms with E-state index in [-0.39, 0.29) is 17.9 Å². The second-order valence-electron chi connectivity index (χ2n) is 10.5. The van der Waals surface area contributed by atoms with E-state index in [4.69, 9.17) is 4.74 Å². The lowest BCUT2D eigenvalue weighted by Gasteiger charge is -2.43. The fraction of sp³-hybridized carbons (Fsp3) is 0.679. The molecule has 0 heterocycles. The minimum atomic E-state index is -0.770. The number of hydrogen-bond acceptors (Lipinski definition) is 5. The van der Waals surface area contributed by atoms with Gasteiger partial charge in [-0.3, -0.25) is 9.59 Å². The first-order valence-electron chi connectivity index (χ1n) is 13.3. The number of thioether (sulfide) groups is 1. The first kappa shape index (κ1) is 30.0. The van der Waals surface area contributed by atoms with E-state index in [2.05, 4.69) is 24.5 Å². The van der Waals surface area contributed by atoms with Crippen molar-refractivity contribution in [3.63, 3.8) is 0 Å². The molecule has 8 heteroatoms. The first-order chi connectivity index (χ1) is 17.1. The number of nitrogens with one attached hydrogen (secondary N) is 2. The van der Waals surface area contributed by atoms with Crippen LogP contribution in [0.3, 0.4) is 0 Å². The number of carbonyl (C=O) groups is 3. The number of hydrogen-bond donors (Lipinski definition) is 2. The molecule has 0 bridgehead atoms. The number of carbonyl (C=O) groups excluding carboxylic acids is 3. The van der Waals surface area contributed by atoms with Crippen LogP contribution in [-0.4, -0.2) is 59.0 Å². The average molecular weight is 520 g/mol. The fourth-order valence-corrected chi connectivity index (χ4v) is 4.64. The van der Waals surface area contributed by atoms with Crippen molar-refractivity contribution in [2.75, 3.05) is 18.6 Å². The number of unbranched alkanes of at least 4 members (excludes halogenated alkanes) is 1. The Morgan fingerprint density at radius 1 is 1.14 bits per heavy atom. The Balaban J connectivity index is 2.43. The number of aryl methyl sites for hydroxylation is 1. The van der Waals surface area contributed by atoms with Crippen LogP contribution in [0.1, 0.15) is 90.3 Å². The molecule has 0 spiro atoms. The van der Waals surface area contributed by atoms with Crippen molar-refractivity contribution in [3.05, 3.63) is 35.4 Å². The standard InChI is InChI=1S/C28H45N3O4S/c1-7-9-18-29-25(32)24(21-15-13-20(8-2)14-16-21)31(22-11-10-12-22)26(33)23(17-19-36-6)30-27(34)35-28(3,4)5/h13-16,22-24H,7-12,17-19H2,1-6H3,(H,29,32)(H,30,34). The Labute approximate surface area is 221 Å². The first-order valence-corrected chi connectivity index (χ1v) is 14.7. The van der Waals surface area contributed by atoms with Gasteiger partial charge in [0.15, 0.2) is 0 Å². The predicted octanol–water partition coefficient (Wildman–Crippen LogP) is 5.23. The molecule has 202 valence electrons. The van der Waals surface area contributed by atoms with Crippen molar-refractivity contribution in [2.24, 2.45) is 0 Å². The lowest BCUT2D eigenvalue weighted by atomic mass is 9.87. The Morgan fingerprint density at radius 3 is 2.31 bits per heavy atom. The number of rotatable bonds is 13. The van der Waals surface area contributed by atoms with Gasteiger partial charge in [0.05, 0.1) is 0 Å². The zero-order chi connectivity index (χ0) is 26.7. The predicted molar refractivity (Wildman–Crippen MR) is 147 cm³/mol. The fourth-order valence-electron chi connectivity index (χ4n) is 4.16. The second kappa shape index (κ2) is 14.5. The second-order valence-corrected chi connectivity index (χ2v) is 11.4. The third-order valence-corrected chi connectivity index (χ3v) is 7.03. The minimum absolute atomic E-state index is 0.0394. The Morgan fingerprint density at radius 2 is 1.81 bits per heavy atom. The largest absolute Gasteiger partial charge is 0.444 e. The van der Waals surface area contributed by atoms with Gasteiger partial charge >= 0.3 is 6.09 Å². The maximum atomic E-state index is 14.1. The quantitative estimate of drug-likeness (QED) is 0.348. The molecular formula is C28H45N3O4S. The molecule has 3 amide bonds. The molecule has 0 saturated heterocycles. The lowest BCUT2D eigenvalue weighted by molar-refractivity contribution is -0.147. The summed E-state index contributed by atoms with van der Waals surface area (Å²) in [5, 5.41) is 5.86. The molecule has 1 saturated carbocycles. The summed E-state index contributed by atoms with van der Waals surface area (Å²) in [5.41, 5.74) is 1.30. The zero-order valence-electron chi connectivity index (χ0n) is 22.9. The summed E-state index contributed by atoms with van der Waals surface area (Å²) in [7, 11) is 0. The Hall–Kier alpha value is -2.22. The van der Waals surface area contributed by atoms with Gasteiger partial charge in [0.1, 0.15) is 17.7 Å². The number of ether oxygens (including phenoxy) is 1. The van der Waals surface area contributed by atoms with Crippen LogP contribution < -0.4 is 10.6 Å². The van der Waals surface area contributed by atoms with Crippen LogP contribution in [0.15, 0.2) is 24.3 Å². The molecule has 2 rings (SSSR count). The van der Waals surface area contributed by atoms with Crippen LogP contribution in [0.4, 0.5) is 4.79 Å². The minimum Gasteiger partial charge on any atom is -0.444 e. The highest BCUT2D eigenvalue weighted by molar-refractivity contribution is 7.98. The molecule has 0 aliphatic heterocycles. The van der Waals surface area contributed by atoms with E-state index in [0.29, 0.717) is 18.7 Å². The van der Waals surface area contributed by atoms with Crippen molar-refractivity contribution in [2.45, 2.75) is 103 Å². The third kappa shape index (κ3) is 9.02. The molecule has 1 aliphatic rings. The van der Waals surface area contributed by atoms with Gasteiger partial charge in [0.2, 0.25) is 11.8 Å². The molecule has 1 aromatic carbocycles. The summed E-state index contributed by atoms with van der Waals surface area (Å²) in [6.45, 7) is 10.1. The van der Waals surface area contributed by atoms with Gasteiger partial charge in [-0.05, 0) is 82.4 Å². The van der Waals surface area contributed by atoms with Crippen LogP contribution in [0.5, 0.6) is 0 Å². The van der Waals surface area contributed by atoms with E-state index in [1.165, 1.54) is 5.56 Å². The van der Waals surface area contributed by atoms with Gasteiger partial charge in [-0.2, -0.15) is 11.8 Å². The Kier molecular flexibility index (Phi) is 12.1. The molecule has 1 aliphatic carbocycles. The molecule has 7 nitrogen and oxygen atoms in total. The Bertz CT molecular complexity index is 849.